The van der Waals surface area contributed by atoms with E-state index in [0.29, 0.717) is 0 Å². The second-order valence-corrected chi connectivity index (χ2v) is 7.74. The quantitative estimate of drug-likeness (QED) is 0.602. The number of hydrogen-bond donors (Lipinski definition) is 2. The Balaban J connectivity index is 2.27. The fraction of sp³-hybridized carbons (Fsp3) is 0.263. The number of ether oxygens (including phenoxy) is 3. The number of rotatable bonds is 8. The van der Waals surface area contributed by atoms with Crippen LogP contribution in [0.1, 0.15) is 17.3 Å². The van der Waals surface area contributed by atoms with Gasteiger partial charge in [-0.3, -0.25) is 4.79 Å². The normalized spacial score (nSPS) is 12.0. The van der Waals surface area contributed by atoms with Gasteiger partial charge in [0, 0.05) is 12.1 Å². The Morgan fingerprint density at radius 2 is 1.57 bits per heavy atom. The molecule has 2 aromatic rings. The van der Waals surface area contributed by atoms with Gasteiger partial charge in [0.2, 0.25) is 15.9 Å². The van der Waals surface area contributed by atoms with E-state index in [4.69, 9.17) is 14.2 Å². The van der Waals surface area contributed by atoms with E-state index in [2.05, 4.69) is 10.0 Å². The van der Waals surface area contributed by atoms with Gasteiger partial charge in [-0.1, -0.05) is 0 Å². The Kier molecular flexibility index (Phi) is 7.35. The standard InChI is InChI=1S/C19H21FN2O7S/c1-11(22-30(25,26)13-7-5-12(20)6-8-13)18(23)21-15-10-17(28-3)16(27-2)9-14(15)19(24)29-4/h5-11,22H,1-4H3,(H,21,23)/t11-/m1/s1. The van der Waals surface area contributed by atoms with Gasteiger partial charge in [0.25, 0.3) is 0 Å². The molecule has 0 radical (unpaired) electrons. The summed E-state index contributed by atoms with van der Waals surface area (Å²) in [5, 5.41) is 2.47. The highest BCUT2D eigenvalue weighted by atomic mass is 32.2. The van der Waals surface area contributed by atoms with Crippen molar-refractivity contribution in [3.8, 4) is 11.5 Å². The maximum atomic E-state index is 13.0. The van der Waals surface area contributed by atoms with Crippen LogP contribution < -0.4 is 19.5 Å². The SMILES string of the molecule is COC(=O)c1cc(OC)c(OC)cc1NC(=O)[C@@H](C)NS(=O)(=O)c1ccc(F)cc1. The molecular formula is C19H21FN2O7S. The van der Waals surface area contributed by atoms with E-state index in [-0.39, 0.29) is 27.6 Å². The first kappa shape index (κ1) is 23.1. The maximum Gasteiger partial charge on any atom is 0.340 e. The summed E-state index contributed by atoms with van der Waals surface area (Å²) >= 11 is 0. The largest absolute Gasteiger partial charge is 0.493 e. The minimum atomic E-state index is -4.08. The topological polar surface area (TPSA) is 120 Å². The molecular weight excluding hydrogens is 419 g/mol. The van der Waals surface area contributed by atoms with Crippen molar-refractivity contribution >= 4 is 27.6 Å². The minimum Gasteiger partial charge on any atom is -0.493 e. The number of carbonyl (C=O) groups excluding carboxylic acids is 2. The van der Waals surface area contributed by atoms with Crippen molar-refractivity contribution in [1.82, 2.24) is 4.72 Å². The van der Waals surface area contributed by atoms with E-state index in [1.807, 2.05) is 0 Å². The molecule has 2 rings (SSSR count). The zero-order valence-electron chi connectivity index (χ0n) is 16.7. The van der Waals surface area contributed by atoms with Crippen molar-refractivity contribution in [3.05, 3.63) is 47.8 Å². The summed E-state index contributed by atoms with van der Waals surface area (Å²) in [6.45, 7) is 1.31. The van der Waals surface area contributed by atoms with Crippen LogP contribution in [0.2, 0.25) is 0 Å². The lowest BCUT2D eigenvalue weighted by Gasteiger charge is -2.17. The van der Waals surface area contributed by atoms with Gasteiger partial charge in [-0.05, 0) is 31.2 Å². The van der Waals surface area contributed by atoms with Gasteiger partial charge < -0.3 is 19.5 Å². The fourth-order valence-electron chi connectivity index (χ4n) is 2.47. The van der Waals surface area contributed by atoms with Crippen molar-refractivity contribution in [2.45, 2.75) is 17.9 Å². The summed E-state index contributed by atoms with van der Waals surface area (Å²) in [4.78, 5) is 24.4. The van der Waals surface area contributed by atoms with Crippen LogP contribution in [0.25, 0.3) is 0 Å². The van der Waals surface area contributed by atoms with Gasteiger partial charge >= 0.3 is 5.97 Å². The number of amides is 1. The van der Waals surface area contributed by atoms with Crippen LogP contribution in [0.3, 0.4) is 0 Å². The highest BCUT2D eigenvalue weighted by Crippen LogP contribution is 2.33. The molecule has 0 saturated carbocycles. The van der Waals surface area contributed by atoms with Crippen molar-refractivity contribution in [2.24, 2.45) is 0 Å². The van der Waals surface area contributed by atoms with Crippen LogP contribution in [0, 0.1) is 5.82 Å². The smallest absolute Gasteiger partial charge is 0.340 e. The van der Waals surface area contributed by atoms with E-state index >= 15 is 0 Å². The van der Waals surface area contributed by atoms with Crippen LogP contribution in [-0.2, 0) is 19.6 Å². The second kappa shape index (κ2) is 9.55. The highest BCUT2D eigenvalue weighted by molar-refractivity contribution is 7.89. The Bertz CT molecular complexity index is 1040. The number of nitrogens with one attached hydrogen (secondary N) is 2. The molecule has 2 aromatic carbocycles. The summed E-state index contributed by atoms with van der Waals surface area (Å²) in [5.74, 6) is -1.62. The molecule has 1 atom stereocenters. The molecule has 1 amide bonds. The number of benzene rings is 2. The third kappa shape index (κ3) is 5.24. The highest BCUT2D eigenvalue weighted by Gasteiger charge is 2.25. The first-order valence-corrected chi connectivity index (χ1v) is 10.0. The number of esters is 1. The molecule has 30 heavy (non-hydrogen) atoms. The van der Waals surface area contributed by atoms with Crippen molar-refractivity contribution in [2.75, 3.05) is 26.6 Å². The lowest BCUT2D eigenvalue weighted by Crippen LogP contribution is -2.41. The zero-order valence-corrected chi connectivity index (χ0v) is 17.5. The third-order valence-corrected chi connectivity index (χ3v) is 5.59. The molecule has 0 aromatic heterocycles. The predicted molar refractivity (Wildman–Crippen MR) is 106 cm³/mol. The first-order valence-electron chi connectivity index (χ1n) is 8.56. The monoisotopic (exact) mass is 440 g/mol. The predicted octanol–water partition coefficient (Wildman–Crippen LogP) is 1.93. The number of carbonyl (C=O) groups is 2. The van der Waals surface area contributed by atoms with E-state index in [1.165, 1.54) is 40.4 Å². The van der Waals surface area contributed by atoms with E-state index in [9.17, 15) is 22.4 Å². The number of hydrogen-bond acceptors (Lipinski definition) is 7. The fourth-order valence-corrected chi connectivity index (χ4v) is 3.67. The van der Waals surface area contributed by atoms with Crippen LogP contribution in [0.15, 0.2) is 41.3 Å². The first-order chi connectivity index (χ1) is 14.1. The molecule has 0 aliphatic carbocycles. The average molecular weight is 440 g/mol. The Morgan fingerprint density at radius 3 is 2.10 bits per heavy atom. The number of anilines is 1. The Labute approximate surface area is 173 Å². The molecule has 0 unspecified atom stereocenters. The summed E-state index contributed by atoms with van der Waals surface area (Å²) in [5.41, 5.74) is 0.0226. The van der Waals surface area contributed by atoms with Gasteiger partial charge in [0.1, 0.15) is 5.82 Å². The molecule has 0 aliphatic rings. The third-order valence-electron chi connectivity index (χ3n) is 4.04. The molecule has 0 spiro atoms. The number of sulfonamides is 1. The van der Waals surface area contributed by atoms with Gasteiger partial charge in [0.05, 0.1) is 43.5 Å². The lowest BCUT2D eigenvalue weighted by atomic mass is 10.1. The van der Waals surface area contributed by atoms with Gasteiger partial charge in [0.15, 0.2) is 11.5 Å². The molecule has 0 bridgehead atoms. The molecule has 0 heterocycles. The summed E-state index contributed by atoms with van der Waals surface area (Å²) in [7, 11) is -0.157. The molecule has 0 aliphatic heterocycles. The number of halogens is 1. The van der Waals surface area contributed by atoms with Crippen LogP contribution in [-0.4, -0.2) is 47.7 Å². The maximum absolute atomic E-state index is 13.0. The molecule has 0 fully saturated rings. The minimum absolute atomic E-state index is 0.0166. The summed E-state index contributed by atoms with van der Waals surface area (Å²) in [6, 6.07) is 5.59. The Morgan fingerprint density at radius 1 is 1.00 bits per heavy atom. The van der Waals surface area contributed by atoms with Crippen LogP contribution in [0.4, 0.5) is 10.1 Å². The molecule has 162 valence electrons. The van der Waals surface area contributed by atoms with Gasteiger partial charge in [-0.15, -0.1) is 0 Å². The van der Waals surface area contributed by atoms with Crippen molar-refractivity contribution < 1.29 is 36.6 Å². The lowest BCUT2D eigenvalue weighted by molar-refractivity contribution is -0.117. The van der Waals surface area contributed by atoms with Gasteiger partial charge in [-0.2, -0.15) is 4.72 Å². The van der Waals surface area contributed by atoms with E-state index in [1.54, 1.807) is 0 Å². The second-order valence-electron chi connectivity index (χ2n) is 6.03. The molecule has 2 N–H and O–H groups in total. The zero-order chi connectivity index (χ0) is 22.5. The Hall–Kier alpha value is -3.18. The number of methoxy groups -OCH3 is 3. The van der Waals surface area contributed by atoms with E-state index < -0.39 is 33.8 Å². The van der Waals surface area contributed by atoms with Gasteiger partial charge in [-0.25, -0.2) is 17.6 Å². The van der Waals surface area contributed by atoms with E-state index in [0.717, 1.165) is 24.3 Å². The molecule has 11 heteroatoms. The summed E-state index contributed by atoms with van der Waals surface area (Å²) < 4.78 is 55.0. The van der Waals surface area contributed by atoms with Crippen LogP contribution in [0.5, 0.6) is 11.5 Å². The van der Waals surface area contributed by atoms with Crippen molar-refractivity contribution in [1.29, 1.82) is 0 Å². The average Bonchev–Trinajstić information content (AvgIpc) is 2.72. The molecule has 9 nitrogen and oxygen atoms in total. The van der Waals surface area contributed by atoms with Crippen LogP contribution >= 0.6 is 0 Å². The molecule has 0 saturated heterocycles. The summed E-state index contributed by atoms with van der Waals surface area (Å²) in [6.07, 6.45) is 0. The van der Waals surface area contributed by atoms with Crippen molar-refractivity contribution in [3.63, 3.8) is 0 Å².